The van der Waals surface area contributed by atoms with E-state index in [0.717, 1.165) is 36.3 Å². The number of nitrogens with zero attached hydrogens (tertiary/aromatic N) is 1. The van der Waals surface area contributed by atoms with Gasteiger partial charge in [0.2, 0.25) is 5.88 Å². The second-order valence-corrected chi connectivity index (χ2v) is 5.11. The molecule has 4 nitrogen and oxygen atoms in total. The highest BCUT2D eigenvalue weighted by atomic mass is 35.5. The molecule has 1 unspecified atom stereocenters. The summed E-state index contributed by atoms with van der Waals surface area (Å²) in [5.74, 6) is 0.537. The van der Waals surface area contributed by atoms with Gasteiger partial charge in [-0.25, -0.2) is 0 Å². The van der Waals surface area contributed by atoms with Crippen molar-refractivity contribution in [2.24, 2.45) is 0 Å². The first-order valence-corrected chi connectivity index (χ1v) is 6.73. The highest BCUT2D eigenvalue weighted by Gasteiger charge is 2.26. The van der Waals surface area contributed by atoms with Gasteiger partial charge in [-0.3, -0.25) is 0 Å². The molecule has 19 heavy (non-hydrogen) atoms. The maximum absolute atomic E-state index is 6.24. The molecule has 1 aromatic heterocycles. The Morgan fingerprint density at radius 2 is 2.16 bits per heavy atom. The Kier molecular flexibility index (Phi) is 3.44. The van der Waals surface area contributed by atoms with Crippen LogP contribution in [-0.4, -0.2) is 18.4 Å². The highest BCUT2D eigenvalue weighted by molar-refractivity contribution is 6.33. The summed E-state index contributed by atoms with van der Waals surface area (Å²) in [6, 6.07) is 7.58. The molecule has 1 aliphatic rings. The van der Waals surface area contributed by atoms with Gasteiger partial charge in [0.15, 0.2) is 0 Å². The maximum atomic E-state index is 6.24. The number of aromatic nitrogens is 1. The van der Waals surface area contributed by atoms with Gasteiger partial charge in [-0.2, -0.15) is 0 Å². The third kappa shape index (κ3) is 2.33. The van der Waals surface area contributed by atoms with Crippen LogP contribution in [0.5, 0.6) is 0 Å². The molecule has 0 aliphatic carbocycles. The first-order chi connectivity index (χ1) is 9.27. The summed E-state index contributed by atoms with van der Waals surface area (Å²) in [6.45, 7) is 1.47. The number of nitrogen functional groups attached to an aromatic ring is 1. The van der Waals surface area contributed by atoms with Crippen LogP contribution in [0.4, 0.5) is 5.88 Å². The van der Waals surface area contributed by atoms with E-state index in [4.69, 9.17) is 26.6 Å². The molecule has 2 heterocycles. The van der Waals surface area contributed by atoms with Crippen LogP contribution in [0.2, 0.25) is 5.02 Å². The number of ether oxygens (including phenoxy) is 1. The molecule has 0 amide bonds. The van der Waals surface area contributed by atoms with E-state index in [0.29, 0.717) is 17.5 Å². The number of hydrogen-bond acceptors (Lipinski definition) is 4. The summed E-state index contributed by atoms with van der Waals surface area (Å²) >= 11 is 6.24. The van der Waals surface area contributed by atoms with Gasteiger partial charge in [-0.15, -0.1) is 0 Å². The highest BCUT2D eigenvalue weighted by Crippen LogP contribution is 2.39. The summed E-state index contributed by atoms with van der Waals surface area (Å²) in [6.07, 6.45) is 2.06. The standard InChI is InChI=1S/C14H15ClN2O2/c15-11-6-2-1-5-10(11)12-13(17-19-14(12)16)9-4-3-7-18-8-9/h1-2,5-6,9H,3-4,7-8,16H2. The smallest absolute Gasteiger partial charge is 0.230 e. The number of nitrogens with two attached hydrogens (primary N) is 1. The van der Waals surface area contributed by atoms with E-state index in [1.165, 1.54) is 0 Å². The molecular weight excluding hydrogens is 264 g/mol. The largest absolute Gasteiger partial charge is 0.381 e. The zero-order valence-electron chi connectivity index (χ0n) is 10.4. The van der Waals surface area contributed by atoms with Crippen LogP contribution in [0.3, 0.4) is 0 Å². The fourth-order valence-electron chi connectivity index (χ4n) is 2.49. The van der Waals surface area contributed by atoms with Crippen molar-refractivity contribution in [3.8, 4) is 11.1 Å². The molecule has 2 N–H and O–H groups in total. The lowest BCUT2D eigenvalue weighted by atomic mass is 9.92. The summed E-state index contributed by atoms with van der Waals surface area (Å²) < 4.78 is 10.7. The molecule has 3 rings (SSSR count). The van der Waals surface area contributed by atoms with Gasteiger partial charge in [0, 0.05) is 23.1 Å². The van der Waals surface area contributed by atoms with Gasteiger partial charge < -0.3 is 15.0 Å². The van der Waals surface area contributed by atoms with E-state index in [2.05, 4.69) is 5.16 Å². The molecule has 0 radical (unpaired) electrons. The van der Waals surface area contributed by atoms with Crippen LogP contribution in [0.25, 0.3) is 11.1 Å². The number of anilines is 1. The van der Waals surface area contributed by atoms with Crippen molar-refractivity contribution in [1.82, 2.24) is 5.16 Å². The average Bonchev–Trinajstić information content (AvgIpc) is 2.82. The third-order valence-corrected chi connectivity index (χ3v) is 3.76. The Hall–Kier alpha value is -1.52. The van der Waals surface area contributed by atoms with Crippen molar-refractivity contribution in [1.29, 1.82) is 0 Å². The molecule has 2 aromatic rings. The van der Waals surface area contributed by atoms with Gasteiger partial charge in [0.1, 0.15) is 0 Å². The number of rotatable bonds is 2. The molecule has 1 aliphatic heterocycles. The van der Waals surface area contributed by atoms with E-state index in [1.54, 1.807) is 0 Å². The molecular formula is C14H15ClN2O2. The van der Waals surface area contributed by atoms with Gasteiger partial charge in [0.25, 0.3) is 0 Å². The lowest BCUT2D eigenvalue weighted by molar-refractivity contribution is 0.0785. The molecule has 1 saturated heterocycles. The summed E-state index contributed by atoms with van der Waals surface area (Å²) in [5.41, 5.74) is 8.44. The Balaban J connectivity index is 2.06. The van der Waals surface area contributed by atoms with Gasteiger partial charge in [0.05, 0.1) is 17.9 Å². The summed E-state index contributed by atoms with van der Waals surface area (Å²) in [5, 5.41) is 4.77. The molecule has 0 spiro atoms. The van der Waals surface area contributed by atoms with E-state index >= 15 is 0 Å². The van der Waals surface area contributed by atoms with Gasteiger partial charge >= 0.3 is 0 Å². The number of hydrogen-bond donors (Lipinski definition) is 1. The average molecular weight is 279 g/mol. The van der Waals surface area contributed by atoms with Crippen LogP contribution in [0.15, 0.2) is 28.8 Å². The van der Waals surface area contributed by atoms with Crippen LogP contribution in [0.1, 0.15) is 24.5 Å². The number of halogens is 1. The molecule has 100 valence electrons. The third-order valence-electron chi connectivity index (χ3n) is 3.44. The second-order valence-electron chi connectivity index (χ2n) is 4.70. The molecule has 1 fully saturated rings. The lowest BCUT2D eigenvalue weighted by Crippen LogP contribution is -2.16. The van der Waals surface area contributed by atoms with Crippen LogP contribution in [-0.2, 0) is 4.74 Å². The number of benzene rings is 1. The van der Waals surface area contributed by atoms with Crippen LogP contribution in [0, 0.1) is 0 Å². The van der Waals surface area contributed by atoms with Gasteiger partial charge in [-0.05, 0) is 18.9 Å². The normalized spacial score (nSPS) is 19.5. The van der Waals surface area contributed by atoms with Crippen molar-refractivity contribution in [2.75, 3.05) is 18.9 Å². The molecule has 5 heteroatoms. The quantitative estimate of drug-likeness (QED) is 0.914. The van der Waals surface area contributed by atoms with E-state index in [1.807, 2.05) is 24.3 Å². The molecule has 1 atom stereocenters. The summed E-state index contributed by atoms with van der Waals surface area (Å²) in [7, 11) is 0. The second kappa shape index (κ2) is 5.23. The predicted octanol–water partition coefficient (Wildman–Crippen LogP) is 3.47. The van der Waals surface area contributed by atoms with Crippen molar-refractivity contribution in [3.63, 3.8) is 0 Å². The SMILES string of the molecule is Nc1onc(C2CCCOC2)c1-c1ccccc1Cl. The minimum atomic E-state index is 0.223. The Bertz CT molecular complexity index is 577. The lowest BCUT2D eigenvalue weighted by Gasteiger charge is -2.21. The minimum absolute atomic E-state index is 0.223. The van der Waals surface area contributed by atoms with E-state index < -0.39 is 0 Å². The first kappa shape index (κ1) is 12.5. The Morgan fingerprint density at radius 1 is 1.32 bits per heavy atom. The zero-order chi connectivity index (χ0) is 13.2. The zero-order valence-corrected chi connectivity index (χ0v) is 11.2. The van der Waals surface area contributed by atoms with Crippen molar-refractivity contribution in [2.45, 2.75) is 18.8 Å². The van der Waals surface area contributed by atoms with Gasteiger partial charge in [-0.1, -0.05) is 35.0 Å². The molecule has 0 saturated carbocycles. The fraction of sp³-hybridized carbons (Fsp3) is 0.357. The Morgan fingerprint density at radius 3 is 2.89 bits per heavy atom. The monoisotopic (exact) mass is 278 g/mol. The van der Waals surface area contributed by atoms with E-state index in [-0.39, 0.29) is 5.92 Å². The first-order valence-electron chi connectivity index (χ1n) is 6.35. The van der Waals surface area contributed by atoms with Crippen LogP contribution < -0.4 is 5.73 Å². The van der Waals surface area contributed by atoms with E-state index in [9.17, 15) is 0 Å². The Labute approximate surface area is 116 Å². The van der Waals surface area contributed by atoms with Crippen LogP contribution >= 0.6 is 11.6 Å². The minimum Gasteiger partial charge on any atom is -0.381 e. The fourth-order valence-corrected chi connectivity index (χ4v) is 2.72. The van der Waals surface area contributed by atoms with Crippen molar-refractivity contribution < 1.29 is 9.26 Å². The summed E-state index contributed by atoms with van der Waals surface area (Å²) in [4.78, 5) is 0. The maximum Gasteiger partial charge on any atom is 0.230 e. The molecule has 1 aromatic carbocycles. The van der Waals surface area contributed by atoms with Crippen molar-refractivity contribution >= 4 is 17.5 Å². The van der Waals surface area contributed by atoms with Crippen molar-refractivity contribution in [3.05, 3.63) is 35.0 Å². The molecule has 0 bridgehead atoms. The topological polar surface area (TPSA) is 61.3 Å². The predicted molar refractivity (Wildman–Crippen MR) is 74.2 cm³/mol.